The number of hydrogen-bond acceptors (Lipinski definition) is 5. The van der Waals surface area contributed by atoms with Crippen molar-refractivity contribution in [1.29, 1.82) is 0 Å². The van der Waals surface area contributed by atoms with Crippen molar-refractivity contribution in [2.24, 2.45) is 4.99 Å². The van der Waals surface area contributed by atoms with E-state index in [1.807, 2.05) is 12.3 Å². The lowest BCUT2D eigenvalue weighted by molar-refractivity contribution is -0.274. The van der Waals surface area contributed by atoms with E-state index in [1.165, 1.54) is 12.1 Å². The van der Waals surface area contributed by atoms with Crippen LogP contribution in [-0.4, -0.2) is 48.1 Å². The fourth-order valence-electron chi connectivity index (χ4n) is 3.73. The molecule has 1 fully saturated rings. The number of ether oxygens (including phenoxy) is 1. The number of nitrogens with zero attached hydrogens (tertiary/aromatic N) is 2. The number of carbonyl (C=O) groups excluding carboxylic acids is 1. The predicted molar refractivity (Wildman–Crippen MR) is 99.2 cm³/mol. The molecule has 3 aliphatic heterocycles. The molecule has 5 rings (SSSR count). The molecule has 0 aromatic heterocycles. The van der Waals surface area contributed by atoms with E-state index in [4.69, 9.17) is 5.11 Å². The van der Waals surface area contributed by atoms with Crippen LogP contribution in [0.4, 0.5) is 13.2 Å². The molecule has 1 saturated heterocycles. The Morgan fingerprint density at radius 2 is 2.07 bits per heavy atom. The first-order valence-corrected chi connectivity index (χ1v) is 9.05. The first-order valence-electron chi connectivity index (χ1n) is 9.05. The van der Waals surface area contributed by atoms with Crippen LogP contribution in [-0.2, 0) is 6.54 Å². The Morgan fingerprint density at radius 3 is 2.86 bits per heavy atom. The summed E-state index contributed by atoms with van der Waals surface area (Å²) >= 11 is 0. The van der Waals surface area contributed by atoms with Crippen molar-refractivity contribution in [2.45, 2.75) is 18.9 Å². The molecule has 0 spiro atoms. The van der Waals surface area contributed by atoms with E-state index in [2.05, 4.69) is 15.0 Å². The lowest BCUT2D eigenvalue weighted by Gasteiger charge is -2.30. The first kappa shape index (κ1) is 19.3. The van der Waals surface area contributed by atoms with Gasteiger partial charge in [0.1, 0.15) is 11.5 Å². The maximum Gasteiger partial charge on any atom is 0.573 e. The summed E-state index contributed by atoms with van der Waals surface area (Å²) in [6.45, 7) is 2.40. The molecule has 6 nitrogen and oxygen atoms in total. The van der Waals surface area contributed by atoms with E-state index in [0.29, 0.717) is 37.5 Å². The third-order valence-electron chi connectivity index (χ3n) is 4.98. The second-order valence-electron chi connectivity index (χ2n) is 6.84. The van der Waals surface area contributed by atoms with E-state index in [-0.39, 0.29) is 17.5 Å². The van der Waals surface area contributed by atoms with Gasteiger partial charge in [-0.05, 0) is 41.0 Å². The lowest BCUT2D eigenvalue weighted by Crippen LogP contribution is -2.44. The number of benzene rings is 2. The van der Waals surface area contributed by atoms with Gasteiger partial charge in [-0.1, -0.05) is 12.1 Å². The highest BCUT2D eigenvalue weighted by Crippen LogP contribution is 2.40. The SMILES string of the molecule is O=C1c2c(OC(F)(F)F)cccc2[C@@H]2CNCCN12.Oc1ccc2c(c1)CN=C2. The minimum Gasteiger partial charge on any atom is -0.508 e. The molecule has 152 valence electrons. The van der Waals surface area contributed by atoms with Gasteiger partial charge in [0.05, 0.1) is 18.2 Å². The van der Waals surface area contributed by atoms with Gasteiger partial charge in [-0.15, -0.1) is 13.2 Å². The average Bonchev–Trinajstić information content (AvgIpc) is 3.25. The molecule has 1 atom stereocenters. The van der Waals surface area contributed by atoms with Crippen molar-refractivity contribution in [2.75, 3.05) is 19.6 Å². The molecule has 2 N–H and O–H groups in total. The topological polar surface area (TPSA) is 74.2 Å². The van der Waals surface area contributed by atoms with E-state index in [0.717, 1.165) is 11.1 Å². The number of hydrogen-bond donors (Lipinski definition) is 2. The second-order valence-corrected chi connectivity index (χ2v) is 6.84. The molecule has 0 unspecified atom stereocenters. The van der Waals surface area contributed by atoms with Gasteiger partial charge in [0.15, 0.2) is 0 Å². The molecule has 0 bridgehead atoms. The molecule has 29 heavy (non-hydrogen) atoms. The van der Waals surface area contributed by atoms with Gasteiger partial charge in [-0.3, -0.25) is 9.79 Å². The number of phenols is 1. The fourth-order valence-corrected chi connectivity index (χ4v) is 3.73. The highest BCUT2D eigenvalue weighted by molar-refractivity contribution is 6.02. The van der Waals surface area contributed by atoms with E-state index < -0.39 is 12.1 Å². The summed E-state index contributed by atoms with van der Waals surface area (Å²) in [4.78, 5) is 17.8. The van der Waals surface area contributed by atoms with Crippen molar-refractivity contribution in [3.63, 3.8) is 0 Å². The molecule has 2 aromatic carbocycles. The van der Waals surface area contributed by atoms with Crippen LogP contribution in [0.2, 0.25) is 0 Å². The highest BCUT2D eigenvalue weighted by Gasteiger charge is 2.42. The van der Waals surface area contributed by atoms with E-state index in [9.17, 15) is 18.0 Å². The summed E-state index contributed by atoms with van der Waals surface area (Å²) in [7, 11) is 0. The van der Waals surface area contributed by atoms with Crippen LogP contribution in [0.15, 0.2) is 41.4 Å². The number of halogens is 3. The van der Waals surface area contributed by atoms with Gasteiger partial charge in [-0.25, -0.2) is 0 Å². The Morgan fingerprint density at radius 1 is 1.24 bits per heavy atom. The Kier molecular flexibility index (Phi) is 4.91. The standard InChI is InChI=1S/C12H11F3N2O2.C8H7NO/c13-12(14,15)19-9-3-1-2-7-8-6-16-4-5-17(8)11(18)10(7)9;10-8-2-1-6-4-9-5-7(6)3-8/h1-3,8,16H,4-6H2;1-4,10H,5H2/t8-;/m0./s1. The summed E-state index contributed by atoms with van der Waals surface area (Å²) in [5.74, 6) is -0.477. The van der Waals surface area contributed by atoms with Crippen molar-refractivity contribution < 1.29 is 27.8 Å². The molecule has 0 radical (unpaired) electrons. The fraction of sp³-hybridized carbons (Fsp3) is 0.300. The number of carbonyl (C=O) groups is 1. The number of aliphatic imine (C=N–C) groups is 1. The van der Waals surface area contributed by atoms with Crippen LogP contribution in [0.1, 0.15) is 33.1 Å². The third-order valence-corrected chi connectivity index (χ3v) is 4.98. The molecule has 9 heteroatoms. The van der Waals surface area contributed by atoms with Crippen LogP contribution >= 0.6 is 0 Å². The Labute approximate surface area is 164 Å². The highest BCUT2D eigenvalue weighted by atomic mass is 19.4. The van der Waals surface area contributed by atoms with Gasteiger partial charge in [0.25, 0.3) is 5.91 Å². The van der Waals surface area contributed by atoms with Crippen LogP contribution < -0.4 is 10.1 Å². The summed E-state index contributed by atoms with van der Waals surface area (Å²) in [6, 6.07) is 9.43. The second kappa shape index (κ2) is 7.40. The zero-order valence-electron chi connectivity index (χ0n) is 15.2. The van der Waals surface area contributed by atoms with E-state index >= 15 is 0 Å². The quantitative estimate of drug-likeness (QED) is 0.765. The van der Waals surface area contributed by atoms with Gasteiger partial charge in [0, 0.05) is 25.8 Å². The summed E-state index contributed by atoms with van der Waals surface area (Å²) in [6.07, 6.45) is -2.97. The van der Waals surface area contributed by atoms with Crippen molar-refractivity contribution >= 4 is 12.1 Å². The Balaban J connectivity index is 0.000000171. The molecule has 3 heterocycles. The van der Waals surface area contributed by atoms with Crippen molar-refractivity contribution in [3.05, 3.63) is 58.7 Å². The van der Waals surface area contributed by atoms with Crippen LogP contribution in [0, 0.1) is 0 Å². The smallest absolute Gasteiger partial charge is 0.508 e. The summed E-state index contributed by atoms with van der Waals surface area (Å²) in [5, 5.41) is 12.2. The molecule has 0 saturated carbocycles. The zero-order valence-corrected chi connectivity index (χ0v) is 15.2. The predicted octanol–water partition coefficient (Wildman–Crippen LogP) is 3.01. The average molecular weight is 405 g/mol. The molecule has 3 aliphatic rings. The zero-order chi connectivity index (χ0) is 20.6. The minimum atomic E-state index is -4.79. The number of fused-ring (bicyclic) bond motifs is 4. The molecular weight excluding hydrogens is 387 g/mol. The van der Waals surface area contributed by atoms with Gasteiger partial charge in [-0.2, -0.15) is 0 Å². The number of aromatic hydroxyl groups is 1. The number of nitrogens with one attached hydrogen (secondary N) is 1. The van der Waals surface area contributed by atoms with Crippen molar-refractivity contribution in [3.8, 4) is 11.5 Å². The maximum absolute atomic E-state index is 12.3. The third kappa shape index (κ3) is 3.91. The minimum absolute atomic E-state index is 0.0357. The normalized spacial score (nSPS) is 19.2. The number of piperazine rings is 1. The van der Waals surface area contributed by atoms with Crippen LogP contribution in [0.3, 0.4) is 0 Å². The molecule has 0 aliphatic carbocycles. The van der Waals surface area contributed by atoms with Gasteiger partial charge >= 0.3 is 6.36 Å². The van der Waals surface area contributed by atoms with Crippen LogP contribution in [0.5, 0.6) is 11.5 Å². The monoisotopic (exact) mass is 405 g/mol. The first-order chi connectivity index (χ1) is 13.8. The number of phenolic OH excluding ortho intramolecular Hbond substituents is 1. The molecule has 2 aromatic rings. The lowest BCUT2D eigenvalue weighted by atomic mass is 10.0. The molecular formula is C20H18F3N3O3. The van der Waals surface area contributed by atoms with Gasteiger partial charge in [0.2, 0.25) is 0 Å². The Bertz CT molecular complexity index is 975. The van der Waals surface area contributed by atoms with Gasteiger partial charge < -0.3 is 20.1 Å². The Hall–Kier alpha value is -3.07. The number of rotatable bonds is 1. The number of alkyl halides is 3. The summed E-state index contributed by atoms with van der Waals surface area (Å²) in [5.41, 5.74) is 2.87. The number of amides is 1. The largest absolute Gasteiger partial charge is 0.573 e. The molecule has 1 amide bonds. The van der Waals surface area contributed by atoms with E-state index in [1.54, 1.807) is 23.1 Å². The summed E-state index contributed by atoms with van der Waals surface area (Å²) < 4.78 is 41.0. The maximum atomic E-state index is 12.3. The van der Waals surface area contributed by atoms with Crippen molar-refractivity contribution in [1.82, 2.24) is 10.2 Å². The van der Waals surface area contributed by atoms with Crippen LogP contribution in [0.25, 0.3) is 0 Å².